The number of hydrogen-bond donors (Lipinski definition) is 2. The number of ether oxygens (including phenoxy) is 2. The first-order valence-electron chi connectivity index (χ1n) is 11.3. The maximum atomic E-state index is 6.05. The van der Waals surface area contributed by atoms with Crippen molar-refractivity contribution < 1.29 is 9.47 Å². The number of guanidine groups is 1. The van der Waals surface area contributed by atoms with Crippen LogP contribution in [-0.4, -0.2) is 38.4 Å². The molecule has 0 unspecified atom stereocenters. The number of aliphatic imine (C=N–C) groups is 1. The lowest BCUT2D eigenvalue weighted by molar-refractivity contribution is -0.0390. The Kier molecular flexibility index (Phi) is 9.54. The van der Waals surface area contributed by atoms with Gasteiger partial charge in [0.25, 0.3) is 0 Å². The van der Waals surface area contributed by atoms with Gasteiger partial charge in [-0.1, -0.05) is 35.9 Å². The molecule has 1 aromatic rings. The molecular weight excluding hydrogens is 362 g/mol. The zero-order valence-electron chi connectivity index (χ0n) is 17.9. The fraction of sp³-hybridized carbons (Fsp3) is 0.625. The Morgan fingerprint density at radius 1 is 1.17 bits per heavy atom. The van der Waals surface area contributed by atoms with E-state index >= 15 is 0 Å². The minimum Gasteiger partial charge on any atom is -0.381 e. The Balaban J connectivity index is 1.46. The van der Waals surface area contributed by atoms with Gasteiger partial charge in [0, 0.05) is 26.3 Å². The van der Waals surface area contributed by atoms with Crippen molar-refractivity contribution in [1.29, 1.82) is 0 Å². The molecule has 1 aromatic carbocycles. The lowest BCUT2D eigenvalue weighted by Crippen LogP contribution is -2.37. The molecule has 0 bridgehead atoms. The van der Waals surface area contributed by atoms with Crippen LogP contribution < -0.4 is 10.6 Å². The molecule has 0 atom stereocenters. The third kappa shape index (κ3) is 8.19. The lowest BCUT2D eigenvalue weighted by atomic mass is 9.97. The maximum absolute atomic E-state index is 6.05. The van der Waals surface area contributed by atoms with Crippen molar-refractivity contribution in [2.45, 2.75) is 71.1 Å². The Morgan fingerprint density at radius 2 is 2.03 bits per heavy atom. The Hall–Kier alpha value is -1.85. The van der Waals surface area contributed by atoms with Gasteiger partial charge < -0.3 is 20.1 Å². The molecule has 29 heavy (non-hydrogen) atoms. The average molecular weight is 400 g/mol. The monoisotopic (exact) mass is 399 g/mol. The molecule has 0 amide bonds. The van der Waals surface area contributed by atoms with Gasteiger partial charge in [0.05, 0.1) is 19.3 Å². The van der Waals surface area contributed by atoms with Crippen LogP contribution >= 0.6 is 0 Å². The van der Waals surface area contributed by atoms with Gasteiger partial charge in [-0.3, -0.25) is 0 Å². The maximum Gasteiger partial charge on any atom is 0.191 e. The molecule has 2 N–H and O–H groups in total. The molecule has 1 aliphatic heterocycles. The summed E-state index contributed by atoms with van der Waals surface area (Å²) < 4.78 is 11.5. The van der Waals surface area contributed by atoms with Crippen molar-refractivity contribution in [3.05, 3.63) is 47.0 Å². The molecule has 0 spiro atoms. The minimum absolute atomic E-state index is 0.328. The summed E-state index contributed by atoms with van der Waals surface area (Å²) in [5.74, 6) is 0.896. The van der Waals surface area contributed by atoms with Gasteiger partial charge in [0.1, 0.15) is 0 Å². The first kappa shape index (κ1) is 21.8. The third-order valence-corrected chi connectivity index (χ3v) is 5.53. The summed E-state index contributed by atoms with van der Waals surface area (Å²) in [7, 11) is 0. The molecular formula is C24H37N3O2. The van der Waals surface area contributed by atoms with Crippen LogP contribution in [0.1, 0.15) is 63.0 Å². The van der Waals surface area contributed by atoms with Gasteiger partial charge in [0.15, 0.2) is 5.96 Å². The zero-order chi connectivity index (χ0) is 20.2. The van der Waals surface area contributed by atoms with Gasteiger partial charge in [-0.25, -0.2) is 4.99 Å². The molecule has 3 rings (SSSR count). The summed E-state index contributed by atoms with van der Waals surface area (Å²) >= 11 is 0. The quantitative estimate of drug-likeness (QED) is 0.369. The smallest absolute Gasteiger partial charge is 0.191 e. The third-order valence-electron chi connectivity index (χ3n) is 5.53. The van der Waals surface area contributed by atoms with E-state index < -0.39 is 0 Å². The molecule has 1 saturated heterocycles. The van der Waals surface area contributed by atoms with Crippen molar-refractivity contribution >= 4 is 5.96 Å². The molecule has 2 aliphatic rings. The molecule has 1 heterocycles. The van der Waals surface area contributed by atoms with E-state index in [2.05, 4.69) is 47.9 Å². The van der Waals surface area contributed by atoms with E-state index in [1.54, 1.807) is 5.57 Å². The van der Waals surface area contributed by atoms with Crippen molar-refractivity contribution in [3.63, 3.8) is 0 Å². The van der Waals surface area contributed by atoms with Crippen molar-refractivity contribution in [2.24, 2.45) is 4.99 Å². The fourth-order valence-electron chi connectivity index (χ4n) is 3.86. The first-order chi connectivity index (χ1) is 14.3. The van der Waals surface area contributed by atoms with Crippen molar-refractivity contribution in [1.82, 2.24) is 10.6 Å². The van der Waals surface area contributed by atoms with E-state index in [4.69, 9.17) is 14.5 Å². The number of nitrogens with one attached hydrogen (secondary N) is 2. The van der Waals surface area contributed by atoms with Crippen LogP contribution in [0.15, 0.2) is 40.9 Å². The highest BCUT2D eigenvalue weighted by atomic mass is 16.5. The fourth-order valence-corrected chi connectivity index (χ4v) is 3.86. The largest absolute Gasteiger partial charge is 0.381 e. The van der Waals surface area contributed by atoms with E-state index in [0.717, 1.165) is 51.5 Å². The summed E-state index contributed by atoms with van der Waals surface area (Å²) in [6.07, 6.45) is 11.1. The van der Waals surface area contributed by atoms with E-state index in [-0.39, 0.29) is 0 Å². The number of rotatable bonds is 9. The first-order valence-corrected chi connectivity index (χ1v) is 11.3. The van der Waals surface area contributed by atoms with Crippen LogP contribution in [-0.2, 0) is 22.6 Å². The highest BCUT2D eigenvalue weighted by Crippen LogP contribution is 2.19. The zero-order valence-corrected chi connectivity index (χ0v) is 17.9. The Bertz CT molecular complexity index is 666. The minimum atomic E-state index is 0.328. The van der Waals surface area contributed by atoms with E-state index in [1.807, 2.05) is 0 Å². The van der Waals surface area contributed by atoms with Crippen molar-refractivity contribution in [3.8, 4) is 0 Å². The van der Waals surface area contributed by atoms with Gasteiger partial charge in [-0.05, 0) is 63.0 Å². The second-order valence-electron chi connectivity index (χ2n) is 7.92. The summed E-state index contributed by atoms with van der Waals surface area (Å²) in [5, 5.41) is 6.84. The highest BCUT2D eigenvalue weighted by Gasteiger charge is 2.14. The van der Waals surface area contributed by atoms with Gasteiger partial charge in [-0.15, -0.1) is 0 Å². The second-order valence-corrected chi connectivity index (χ2v) is 7.92. The molecule has 5 nitrogen and oxygen atoms in total. The summed E-state index contributed by atoms with van der Waals surface area (Å²) in [4.78, 5) is 4.78. The van der Waals surface area contributed by atoms with Crippen LogP contribution in [0.4, 0.5) is 0 Å². The predicted octanol–water partition coefficient (Wildman–Crippen LogP) is 4.33. The molecule has 160 valence electrons. The normalized spacial score (nSPS) is 18.4. The Morgan fingerprint density at radius 3 is 2.83 bits per heavy atom. The SMILES string of the molecule is CCNC(=NCc1cccc(COC2CCOCC2)c1)NCCC1=CCCCC1. The number of nitrogens with zero attached hydrogens (tertiary/aromatic N) is 1. The number of allylic oxidation sites excluding steroid dienone is 1. The topological polar surface area (TPSA) is 54.9 Å². The van der Waals surface area contributed by atoms with Crippen LogP contribution in [0, 0.1) is 0 Å². The number of benzene rings is 1. The molecule has 0 radical (unpaired) electrons. The molecule has 1 aliphatic carbocycles. The van der Waals surface area contributed by atoms with Gasteiger partial charge in [0.2, 0.25) is 0 Å². The van der Waals surface area contributed by atoms with Crippen LogP contribution in [0.5, 0.6) is 0 Å². The average Bonchev–Trinajstić information content (AvgIpc) is 2.78. The van der Waals surface area contributed by atoms with Crippen molar-refractivity contribution in [2.75, 3.05) is 26.3 Å². The van der Waals surface area contributed by atoms with Gasteiger partial charge >= 0.3 is 0 Å². The van der Waals surface area contributed by atoms with Crippen LogP contribution in [0.2, 0.25) is 0 Å². The standard InChI is InChI=1S/C24H37N3O2/c1-2-25-24(26-14-11-20-7-4-3-5-8-20)27-18-21-9-6-10-22(17-21)19-29-23-12-15-28-16-13-23/h6-7,9-10,17,23H,2-5,8,11-16,18-19H2,1H3,(H2,25,26,27). The van der Waals surface area contributed by atoms with Gasteiger partial charge in [-0.2, -0.15) is 0 Å². The van der Waals surface area contributed by atoms with Crippen LogP contribution in [0.3, 0.4) is 0 Å². The van der Waals surface area contributed by atoms with Crippen LogP contribution in [0.25, 0.3) is 0 Å². The van der Waals surface area contributed by atoms with E-state index in [9.17, 15) is 0 Å². The summed E-state index contributed by atoms with van der Waals surface area (Å²) in [6, 6.07) is 8.58. The molecule has 5 heteroatoms. The summed E-state index contributed by atoms with van der Waals surface area (Å²) in [6.45, 7) is 6.88. The Labute approximate surface area is 176 Å². The lowest BCUT2D eigenvalue weighted by Gasteiger charge is -2.22. The second kappa shape index (κ2) is 12.7. The van der Waals surface area contributed by atoms with E-state index in [1.165, 1.54) is 36.8 Å². The predicted molar refractivity (Wildman–Crippen MR) is 119 cm³/mol. The molecule has 1 fully saturated rings. The number of hydrogen-bond acceptors (Lipinski definition) is 3. The highest BCUT2D eigenvalue weighted by molar-refractivity contribution is 5.79. The molecule has 0 aromatic heterocycles. The molecule has 0 saturated carbocycles. The summed E-state index contributed by atoms with van der Waals surface area (Å²) in [5.41, 5.74) is 4.02. The van der Waals surface area contributed by atoms with E-state index in [0.29, 0.717) is 19.3 Å².